The molecule has 0 aliphatic heterocycles. The van der Waals surface area contributed by atoms with Crippen LogP contribution in [0.3, 0.4) is 0 Å². The fourth-order valence-corrected chi connectivity index (χ4v) is 1.75. The van der Waals surface area contributed by atoms with Crippen molar-refractivity contribution < 1.29 is 19.4 Å². The van der Waals surface area contributed by atoms with E-state index < -0.39 is 11.9 Å². The first kappa shape index (κ1) is 13.9. The average Bonchev–Trinajstić information content (AvgIpc) is 2.38. The van der Waals surface area contributed by atoms with Crippen molar-refractivity contribution in [2.75, 3.05) is 0 Å². The summed E-state index contributed by atoms with van der Waals surface area (Å²) < 4.78 is 5.07. The Kier molecular flexibility index (Phi) is 3.91. The van der Waals surface area contributed by atoms with E-state index in [-0.39, 0.29) is 27.6 Å². The molecule has 2 rings (SSSR count). The van der Waals surface area contributed by atoms with Crippen LogP contribution in [-0.4, -0.2) is 17.0 Å². The van der Waals surface area contributed by atoms with Crippen LogP contribution in [0.2, 0.25) is 5.02 Å². The van der Waals surface area contributed by atoms with Crippen LogP contribution in [0.4, 0.5) is 0 Å². The summed E-state index contributed by atoms with van der Waals surface area (Å²) in [6.07, 6.45) is 0. The maximum Gasteiger partial charge on any atom is 0.347 e. The second-order valence-corrected chi connectivity index (χ2v) is 4.35. The Labute approximate surface area is 119 Å². The summed E-state index contributed by atoms with van der Waals surface area (Å²) in [5.74, 6) is -1.84. The number of esters is 1. The molecular weight excluding hydrogens is 282 g/mol. The molecule has 0 radical (unpaired) electrons. The van der Waals surface area contributed by atoms with Gasteiger partial charge in [0.2, 0.25) is 0 Å². The quantitative estimate of drug-likeness (QED) is 0.671. The van der Waals surface area contributed by atoms with Gasteiger partial charge in [-0.25, -0.2) is 4.79 Å². The van der Waals surface area contributed by atoms with Crippen LogP contribution in [0.5, 0.6) is 11.5 Å². The molecule has 2 aromatic rings. The molecule has 0 unspecified atom stereocenters. The van der Waals surface area contributed by atoms with Crippen LogP contribution in [0.15, 0.2) is 42.5 Å². The number of nitrogens with two attached hydrogens (primary N) is 1. The molecule has 20 heavy (non-hydrogen) atoms. The topological polar surface area (TPSA) is 89.6 Å². The molecule has 0 atom stereocenters. The summed E-state index contributed by atoms with van der Waals surface area (Å²) in [5, 5.41) is 9.86. The highest BCUT2D eigenvalue weighted by atomic mass is 35.5. The maximum absolute atomic E-state index is 11.9. The largest absolute Gasteiger partial charge is 0.507 e. The summed E-state index contributed by atoms with van der Waals surface area (Å²) >= 11 is 5.79. The van der Waals surface area contributed by atoms with E-state index in [0.717, 1.165) is 0 Å². The summed E-state index contributed by atoms with van der Waals surface area (Å²) in [6.45, 7) is 0. The lowest BCUT2D eigenvalue weighted by molar-refractivity contribution is 0.0729. The van der Waals surface area contributed by atoms with Crippen molar-refractivity contribution in [3.05, 3.63) is 58.6 Å². The van der Waals surface area contributed by atoms with E-state index in [1.54, 1.807) is 12.1 Å². The van der Waals surface area contributed by atoms with Gasteiger partial charge in [-0.2, -0.15) is 0 Å². The maximum atomic E-state index is 11.9. The molecule has 0 saturated carbocycles. The van der Waals surface area contributed by atoms with Crippen molar-refractivity contribution in [2.24, 2.45) is 5.73 Å². The third-order valence-electron chi connectivity index (χ3n) is 2.54. The van der Waals surface area contributed by atoms with Crippen molar-refractivity contribution in [1.82, 2.24) is 0 Å². The molecule has 0 aliphatic rings. The third-order valence-corrected chi connectivity index (χ3v) is 2.77. The first-order chi connectivity index (χ1) is 9.49. The zero-order valence-electron chi connectivity index (χ0n) is 10.2. The molecule has 6 heteroatoms. The number of benzene rings is 2. The number of para-hydroxylation sites is 1. The van der Waals surface area contributed by atoms with E-state index in [0.29, 0.717) is 0 Å². The first-order valence-electron chi connectivity index (χ1n) is 5.58. The molecule has 5 nitrogen and oxygen atoms in total. The molecule has 1 amide bonds. The van der Waals surface area contributed by atoms with Gasteiger partial charge >= 0.3 is 5.97 Å². The molecule has 0 spiro atoms. The van der Waals surface area contributed by atoms with E-state index in [9.17, 15) is 14.7 Å². The van der Waals surface area contributed by atoms with Gasteiger partial charge in [0.05, 0.1) is 5.56 Å². The molecule has 2 aromatic carbocycles. The molecule has 0 aromatic heterocycles. The Morgan fingerprint density at radius 3 is 2.45 bits per heavy atom. The summed E-state index contributed by atoms with van der Waals surface area (Å²) in [7, 11) is 0. The molecular formula is C14H10ClNO4. The average molecular weight is 292 g/mol. The van der Waals surface area contributed by atoms with Gasteiger partial charge < -0.3 is 15.6 Å². The smallest absolute Gasteiger partial charge is 0.347 e. The Morgan fingerprint density at radius 2 is 1.80 bits per heavy atom. The summed E-state index contributed by atoms with van der Waals surface area (Å²) in [6, 6.07) is 10.0. The van der Waals surface area contributed by atoms with Crippen LogP contribution < -0.4 is 10.5 Å². The second kappa shape index (κ2) is 5.63. The van der Waals surface area contributed by atoms with E-state index in [4.69, 9.17) is 22.1 Å². The van der Waals surface area contributed by atoms with Crippen LogP contribution in [-0.2, 0) is 0 Å². The van der Waals surface area contributed by atoms with Gasteiger partial charge in [0.1, 0.15) is 17.1 Å². The predicted octanol–water partition coefficient (Wildman–Crippen LogP) is 2.36. The van der Waals surface area contributed by atoms with Crippen molar-refractivity contribution >= 4 is 23.5 Å². The Bertz CT molecular complexity index is 685. The number of hydrogen-bond acceptors (Lipinski definition) is 4. The van der Waals surface area contributed by atoms with E-state index in [1.807, 2.05) is 0 Å². The number of carbonyl (C=O) groups excluding carboxylic acids is 2. The van der Waals surface area contributed by atoms with Crippen LogP contribution in [0, 0.1) is 0 Å². The third kappa shape index (κ3) is 2.89. The van der Waals surface area contributed by atoms with E-state index in [2.05, 4.69) is 0 Å². The predicted molar refractivity (Wildman–Crippen MR) is 73.0 cm³/mol. The summed E-state index contributed by atoms with van der Waals surface area (Å²) in [4.78, 5) is 23.2. The molecule has 102 valence electrons. The normalized spacial score (nSPS) is 10.1. The van der Waals surface area contributed by atoms with Gasteiger partial charge in [0.15, 0.2) is 0 Å². The minimum absolute atomic E-state index is 0.0251. The number of aromatic hydroxyl groups is 1. The van der Waals surface area contributed by atoms with E-state index >= 15 is 0 Å². The van der Waals surface area contributed by atoms with Gasteiger partial charge in [-0.3, -0.25) is 4.79 Å². The monoisotopic (exact) mass is 291 g/mol. The molecule has 0 heterocycles. The fourth-order valence-electron chi connectivity index (χ4n) is 1.59. The van der Waals surface area contributed by atoms with Gasteiger partial charge in [-0.05, 0) is 24.3 Å². The molecule has 0 fully saturated rings. The van der Waals surface area contributed by atoms with Crippen LogP contribution in [0.1, 0.15) is 20.7 Å². The highest BCUT2D eigenvalue weighted by Gasteiger charge is 2.17. The summed E-state index contributed by atoms with van der Waals surface area (Å²) in [5.41, 5.74) is 5.19. The Balaban J connectivity index is 2.35. The number of phenols is 1. The van der Waals surface area contributed by atoms with Gasteiger partial charge in [0, 0.05) is 11.1 Å². The zero-order chi connectivity index (χ0) is 14.7. The SMILES string of the molecule is NC(=O)c1ccc(Cl)cc1OC(=O)c1ccccc1O. The van der Waals surface area contributed by atoms with Crippen molar-refractivity contribution in [3.63, 3.8) is 0 Å². The number of phenolic OH excluding ortho intramolecular Hbond substituents is 1. The standard InChI is InChI=1S/C14H10ClNO4/c15-8-5-6-10(13(16)18)12(7-8)20-14(19)9-3-1-2-4-11(9)17/h1-7,17H,(H2,16,18). The lowest BCUT2D eigenvalue weighted by Gasteiger charge is -2.09. The van der Waals surface area contributed by atoms with Crippen molar-refractivity contribution in [3.8, 4) is 11.5 Å². The number of ether oxygens (including phenoxy) is 1. The Hall–Kier alpha value is -2.53. The molecule has 0 aliphatic carbocycles. The van der Waals surface area contributed by atoms with Crippen LogP contribution >= 0.6 is 11.6 Å². The number of carbonyl (C=O) groups is 2. The minimum atomic E-state index is -0.812. The highest BCUT2D eigenvalue weighted by Crippen LogP contribution is 2.25. The number of rotatable bonds is 3. The van der Waals surface area contributed by atoms with E-state index in [1.165, 1.54) is 30.3 Å². The van der Waals surface area contributed by atoms with Gasteiger partial charge in [0.25, 0.3) is 5.91 Å². The molecule has 0 saturated heterocycles. The lowest BCUT2D eigenvalue weighted by atomic mass is 10.2. The second-order valence-electron chi connectivity index (χ2n) is 3.91. The minimum Gasteiger partial charge on any atom is -0.507 e. The first-order valence-corrected chi connectivity index (χ1v) is 5.96. The number of amides is 1. The lowest BCUT2D eigenvalue weighted by Crippen LogP contribution is -2.16. The Morgan fingerprint density at radius 1 is 1.10 bits per heavy atom. The molecule has 3 N–H and O–H groups in total. The number of halogens is 1. The number of hydrogen-bond donors (Lipinski definition) is 2. The van der Waals surface area contributed by atoms with Crippen molar-refractivity contribution in [2.45, 2.75) is 0 Å². The van der Waals surface area contributed by atoms with Gasteiger partial charge in [-0.15, -0.1) is 0 Å². The van der Waals surface area contributed by atoms with Crippen LogP contribution in [0.25, 0.3) is 0 Å². The van der Waals surface area contributed by atoms with Crippen molar-refractivity contribution in [1.29, 1.82) is 0 Å². The highest BCUT2D eigenvalue weighted by molar-refractivity contribution is 6.30. The fraction of sp³-hybridized carbons (Fsp3) is 0. The zero-order valence-corrected chi connectivity index (χ0v) is 10.9. The molecule has 0 bridgehead atoms. The van der Waals surface area contributed by atoms with Gasteiger partial charge in [-0.1, -0.05) is 23.7 Å². The number of primary amides is 1.